The van der Waals surface area contributed by atoms with Gasteiger partial charge in [-0.1, -0.05) is 0 Å². The van der Waals surface area contributed by atoms with Gasteiger partial charge in [-0.05, 0) is 6.07 Å². The molecule has 2 heterocycles. The predicted octanol–water partition coefficient (Wildman–Crippen LogP) is -0.594. The van der Waals surface area contributed by atoms with Crippen molar-refractivity contribution in [3.8, 4) is 0 Å². The average molecular weight is 233 g/mol. The van der Waals surface area contributed by atoms with E-state index in [-0.39, 0.29) is 24.1 Å². The van der Waals surface area contributed by atoms with E-state index < -0.39 is 5.69 Å². The molecule has 0 bridgehead atoms. The number of anilines is 1. The molecule has 6 nitrogen and oxygen atoms in total. The van der Waals surface area contributed by atoms with Crippen molar-refractivity contribution in [3.05, 3.63) is 22.7 Å². The average Bonchev–Trinajstić information content (AvgIpc) is 2.66. The number of aliphatic hydroxyl groups excluding tert-OH is 1. The zero-order valence-electron chi connectivity index (χ0n) is 7.87. The number of nitrogens with zero attached hydrogens (tertiary/aromatic N) is 2. The first-order valence-electron chi connectivity index (χ1n) is 4.43. The van der Waals surface area contributed by atoms with Crippen LogP contribution in [-0.4, -0.2) is 32.5 Å². The molecule has 7 heteroatoms. The van der Waals surface area contributed by atoms with Crippen LogP contribution in [-0.2, 0) is 4.74 Å². The molecule has 0 aliphatic carbocycles. The number of aromatic nitrogens is 2. The molecular formula is C8H11N3O3S. The Morgan fingerprint density at radius 3 is 3.20 bits per heavy atom. The molecule has 3 N–H and O–H groups in total. The van der Waals surface area contributed by atoms with Crippen molar-refractivity contribution in [1.29, 1.82) is 0 Å². The summed E-state index contributed by atoms with van der Waals surface area (Å²) in [5, 5.41) is 8.88. The lowest BCUT2D eigenvalue weighted by Gasteiger charge is -2.13. The molecule has 1 aliphatic rings. The number of thioether (sulfide) groups is 1. The summed E-state index contributed by atoms with van der Waals surface area (Å²) in [4.78, 5) is 15.0. The van der Waals surface area contributed by atoms with Crippen LogP contribution in [0.15, 0.2) is 17.1 Å². The summed E-state index contributed by atoms with van der Waals surface area (Å²) in [5.74, 6) is 0.817. The van der Waals surface area contributed by atoms with Crippen LogP contribution in [0.1, 0.15) is 6.23 Å². The Morgan fingerprint density at radius 1 is 1.80 bits per heavy atom. The minimum Gasteiger partial charge on any atom is -0.393 e. The van der Waals surface area contributed by atoms with E-state index in [2.05, 4.69) is 4.98 Å². The van der Waals surface area contributed by atoms with Crippen LogP contribution in [0.3, 0.4) is 0 Å². The van der Waals surface area contributed by atoms with Crippen molar-refractivity contribution >= 4 is 17.6 Å². The molecule has 2 atom stereocenters. The second-order valence-corrected chi connectivity index (χ2v) is 4.27. The molecule has 1 saturated heterocycles. The third-order valence-electron chi connectivity index (χ3n) is 2.04. The molecular weight excluding hydrogens is 222 g/mol. The molecule has 1 fully saturated rings. The van der Waals surface area contributed by atoms with Crippen molar-refractivity contribution in [2.24, 2.45) is 0 Å². The highest BCUT2D eigenvalue weighted by atomic mass is 32.2. The van der Waals surface area contributed by atoms with E-state index >= 15 is 0 Å². The van der Waals surface area contributed by atoms with Gasteiger partial charge in [0.25, 0.3) is 0 Å². The van der Waals surface area contributed by atoms with Gasteiger partial charge in [-0.3, -0.25) is 4.57 Å². The summed E-state index contributed by atoms with van der Waals surface area (Å²) in [6, 6.07) is 1.54. The van der Waals surface area contributed by atoms with Crippen LogP contribution >= 0.6 is 11.8 Å². The summed E-state index contributed by atoms with van der Waals surface area (Å²) in [6.45, 7) is -0.0572. The zero-order valence-corrected chi connectivity index (χ0v) is 8.68. The van der Waals surface area contributed by atoms with E-state index in [1.54, 1.807) is 12.3 Å². The highest BCUT2D eigenvalue weighted by molar-refractivity contribution is 8.00. The topological polar surface area (TPSA) is 90.4 Å². The fourth-order valence-corrected chi connectivity index (χ4v) is 2.26. The molecule has 0 saturated carbocycles. The Bertz CT molecular complexity index is 408. The molecule has 15 heavy (non-hydrogen) atoms. The minimum atomic E-state index is -0.431. The maximum atomic E-state index is 11.4. The number of rotatable bonds is 2. The van der Waals surface area contributed by atoms with Gasteiger partial charge in [0.1, 0.15) is 17.5 Å². The van der Waals surface area contributed by atoms with Crippen molar-refractivity contribution < 1.29 is 9.84 Å². The van der Waals surface area contributed by atoms with Gasteiger partial charge in [-0.25, -0.2) is 4.79 Å². The molecule has 0 spiro atoms. The van der Waals surface area contributed by atoms with E-state index in [4.69, 9.17) is 15.6 Å². The van der Waals surface area contributed by atoms with Crippen LogP contribution < -0.4 is 11.4 Å². The van der Waals surface area contributed by atoms with Gasteiger partial charge in [0.2, 0.25) is 0 Å². The summed E-state index contributed by atoms with van der Waals surface area (Å²) in [5.41, 5.74) is 4.67. The maximum absolute atomic E-state index is 11.4. The lowest BCUT2D eigenvalue weighted by atomic mass is 10.6. The number of nitrogen functional groups attached to an aromatic ring is 1. The van der Waals surface area contributed by atoms with Crippen molar-refractivity contribution in [1.82, 2.24) is 9.55 Å². The predicted molar refractivity (Wildman–Crippen MR) is 56.4 cm³/mol. The SMILES string of the molecule is [15NH2]c1cc[15n]([C@@H]2CS[C@H](CO)O2)[13c](=O)[15n]1. The Balaban J connectivity index is 2.20. The standard InChI is InChI=1S/C8H11N3O3S/c9-5-1-2-11(8(13)10-5)6-4-15-7(3-12)14-6/h1-2,6-7,12H,3-4H2,(H2,9,10,13)/t6-,7+/m0/s1/i8+1,9+1,10+1,11+1. The molecule has 0 aromatic carbocycles. The normalized spacial score (nSPS) is 25.7. The Labute approximate surface area is 90.1 Å². The van der Waals surface area contributed by atoms with Crippen molar-refractivity contribution in [2.45, 2.75) is 11.7 Å². The quantitative estimate of drug-likeness (QED) is 0.663. The molecule has 2 rings (SSSR count). The van der Waals surface area contributed by atoms with E-state index in [0.29, 0.717) is 5.75 Å². The smallest absolute Gasteiger partial charge is 0.351 e. The first-order valence-corrected chi connectivity index (χ1v) is 5.48. The van der Waals surface area contributed by atoms with Gasteiger partial charge < -0.3 is 15.6 Å². The fraction of sp³-hybridized carbons (Fsp3) is 0.500. The third kappa shape index (κ3) is 2.14. The summed E-state index contributed by atoms with van der Waals surface area (Å²) in [6.07, 6.45) is 1.18. The monoisotopic (exact) mass is 233 g/mol. The van der Waals surface area contributed by atoms with E-state index in [9.17, 15) is 4.79 Å². The van der Waals surface area contributed by atoms with Gasteiger partial charge in [0, 0.05) is 11.9 Å². The third-order valence-corrected chi connectivity index (χ3v) is 3.15. The number of nitrogens with two attached hydrogens (primary N) is 1. The molecule has 1 aromatic rings. The number of hydrogen-bond donors (Lipinski definition) is 2. The van der Waals surface area contributed by atoms with Gasteiger partial charge in [0.15, 0.2) is 0 Å². The van der Waals surface area contributed by atoms with Gasteiger partial charge in [-0.2, -0.15) is 4.98 Å². The zero-order chi connectivity index (χ0) is 10.8. The van der Waals surface area contributed by atoms with Crippen LogP contribution in [0.2, 0.25) is 0 Å². The second kappa shape index (κ2) is 4.21. The van der Waals surface area contributed by atoms with Crippen molar-refractivity contribution in [2.75, 3.05) is 18.1 Å². The highest BCUT2D eigenvalue weighted by Gasteiger charge is 2.27. The van der Waals surface area contributed by atoms with Crippen molar-refractivity contribution in [3.63, 3.8) is 0 Å². The van der Waals surface area contributed by atoms with E-state index in [1.807, 2.05) is 0 Å². The molecule has 1 aliphatic heterocycles. The lowest BCUT2D eigenvalue weighted by molar-refractivity contribution is -0.00629. The summed E-state index contributed by atoms with van der Waals surface area (Å²) < 4.78 is 6.79. The Hall–Kier alpha value is -1.05. The van der Waals surface area contributed by atoms with Crippen LogP contribution in [0.5, 0.6) is 0 Å². The van der Waals surface area contributed by atoms with E-state index in [0.717, 1.165) is 0 Å². The molecule has 0 radical (unpaired) electrons. The second-order valence-electron chi connectivity index (χ2n) is 3.08. The first-order chi connectivity index (χ1) is 7.20. The van der Waals surface area contributed by atoms with Crippen LogP contribution in [0, 0.1) is 0 Å². The van der Waals surface area contributed by atoms with Gasteiger partial charge >= 0.3 is 5.69 Å². The number of hydrogen-bond acceptors (Lipinski definition) is 6. The van der Waals surface area contributed by atoms with Gasteiger partial charge in [-0.15, -0.1) is 11.8 Å². The number of ether oxygens (including phenoxy) is 1. The Kier molecular flexibility index (Phi) is 2.94. The fourth-order valence-electron chi connectivity index (χ4n) is 1.33. The van der Waals surface area contributed by atoms with Crippen LogP contribution in [0.4, 0.5) is 5.82 Å². The molecule has 82 valence electrons. The lowest BCUT2D eigenvalue weighted by Crippen LogP contribution is -2.28. The molecule has 0 unspecified atom stereocenters. The Morgan fingerprint density at radius 2 is 2.60 bits per heavy atom. The van der Waals surface area contributed by atoms with Gasteiger partial charge in [0.05, 0.1) is 6.61 Å². The maximum Gasteiger partial charge on any atom is 0.351 e. The summed E-state index contributed by atoms with van der Waals surface area (Å²) in [7, 11) is 0. The minimum absolute atomic E-state index is 0.0572. The number of aliphatic hydroxyl groups is 1. The largest absolute Gasteiger partial charge is 0.393 e. The first kappa shape index (κ1) is 10.5. The highest BCUT2D eigenvalue weighted by Crippen LogP contribution is 2.30. The van der Waals surface area contributed by atoms with E-state index in [1.165, 1.54) is 16.3 Å². The molecule has 1 aromatic heterocycles. The van der Waals surface area contributed by atoms with Crippen LogP contribution in [0.25, 0.3) is 0 Å². The summed E-state index contributed by atoms with van der Waals surface area (Å²) >= 11 is 1.47. The molecule has 0 amide bonds.